The van der Waals surface area contributed by atoms with Crippen LogP contribution in [0.25, 0.3) is 44.7 Å². The summed E-state index contributed by atoms with van der Waals surface area (Å²) in [6.07, 6.45) is 1.37. The Morgan fingerprint density at radius 3 is 1.35 bits per heavy atom. The first kappa shape index (κ1) is 72.3. The van der Waals surface area contributed by atoms with E-state index in [9.17, 15) is 32.4 Å². The van der Waals surface area contributed by atoms with Crippen LogP contribution < -0.4 is 52.5 Å². The van der Waals surface area contributed by atoms with Gasteiger partial charge in [-0.3, -0.25) is 14.3 Å². The maximum atomic E-state index is 11.1. The van der Waals surface area contributed by atoms with Gasteiger partial charge in [-0.1, -0.05) is 78.9 Å². The first-order chi connectivity index (χ1) is 41.2. The number of rotatable bonds is 11. The molecule has 17 N–H and O–H groups in total. The summed E-state index contributed by atoms with van der Waals surface area (Å²) in [7, 11) is -6.69. The maximum Gasteiger partial charge on any atom is 1.00 e. The number of aliphatic imine (C=N–C) groups is 1. The molecule has 454 valence electrons. The minimum absolute atomic E-state index is 0. The molecule has 8 aromatic carbocycles. The molecular weight excluding hydrogens is 1190 g/mol. The Morgan fingerprint density at radius 1 is 0.580 bits per heavy atom. The Morgan fingerprint density at radius 2 is 0.943 bits per heavy atom. The normalized spacial score (nSPS) is 10.9. The average Bonchev–Trinajstić information content (AvgIpc) is 2.71. The average molecular weight is 1250 g/mol. The molecule has 1 aromatic heterocycles. The van der Waals surface area contributed by atoms with Crippen LogP contribution in [0.15, 0.2) is 175 Å². The molecule has 0 radical (unpaired) electrons. The fourth-order valence-corrected chi connectivity index (χ4v) is 8.11. The number of aromatic carboxylic acids is 4. The molecule has 0 saturated carbocycles. The molecule has 1 atom stereocenters. The van der Waals surface area contributed by atoms with E-state index < -0.39 is 50.0 Å². The molecule has 0 saturated heterocycles. The van der Waals surface area contributed by atoms with Crippen molar-refractivity contribution in [3.05, 3.63) is 214 Å². The fraction of sp³-hybridized carbons (Fsp3) is 0.0833. The standard InChI is InChI=1S/C29H19N3O4.C12H14N4.C8H8O6S.C8H6O3.C2H6O.CH4O.Na.O3S.H/c33-28(34)18-5-1-16(2-6-18)24-15-22-10-9-20(13-25(22)30-24)21-11-12-23-26(14-21)32-27(31-23)17-3-7-19(8-4-17)29(35)36;13-9-3-1-7(5-11(9)15)8-2-4-10(14)12(16)6-8;9-7(10)5-1-3-6(4-2-5)8(11)15(12,13)14;9-5-6-1-3-7(4-2-6)8(10)11;1-2-3;1-2;;1-4(2)3;/h1-14H,15H2,(H,31,32)(H,33,34)(H,35,36);1-6H,13-16H2;1-4,8,11H,(H,9,10)(H,12,13,14);1-5H,(H,10,11);3H,2H2,1H3;2H,1H3;;;/q;;;;;;+1;;-1. The number of imidazole rings is 1. The van der Waals surface area contributed by atoms with Crippen molar-refractivity contribution in [3.8, 4) is 33.6 Å². The maximum absolute atomic E-state index is 11.1. The van der Waals surface area contributed by atoms with Crippen molar-refractivity contribution in [3.63, 3.8) is 0 Å². The Kier molecular flexibility index (Phi) is 28.2. The predicted octanol–water partition coefficient (Wildman–Crippen LogP) is 4.83. The number of carboxylic acids is 4. The number of nitrogens with two attached hydrogens (primary N) is 4. The van der Waals surface area contributed by atoms with Crippen molar-refractivity contribution < 1.29 is 116 Å². The van der Waals surface area contributed by atoms with Gasteiger partial charge in [0.25, 0.3) is 10.1 Å². The zero-order valence-corrected chi connectivity index (χ0v) is 50.5. The molecule has 28 heteroatoms. The van der Waals surface area contributed by atoms with E-state index in [1.54, 1.807) is 67.6 Å². The van der Waals surface area contributed by atoms with Crippen molar-refractivity contribution in [2.24, 2.45) is 4.99 Å². The summed E-state index contributed by atoms with van der Waals surface area (Å²) >= 11 is 0. The van der Waals surface area contributed by atoms with Crippen molar-refractivity contribution in [1.29, 1.82) is 0 Å². The van der Waals surface area contributed by atoms with Gasteiger partial charge in [0.15, 0.2) is 0 Å². The number of nitrogens with one attached hydrogen (secondary N) is 1. The zero-order chi connectivity index (χ0) is 64.7. The Balaban J connectivity index is 0.000000426. The summed E-state index contributed by atoms with van der Waals surface area (Å²) in [4.78, 5) is 65.9. The van der Waals surface area contributed by atoms with E-state index in [1.165, 1.54) is 24.3 Å². The number of hydrogen-bond acceptors (Lipinski definition) is 19. The molecule has 1 aliphatic heterocycles. The monoisotopic (exact) mass is 1250 g/mol. The minimum atomic E-state index is -4.58. The second kappa shape index (κ2) is 34.3. The first-order valence-electron chi connectivity index (χ1n) is 25.0. The second-order valence-corrected chi connectivity index (χ2v) is 19.6. The van der Waals surface area contributed by atoms with Gasteiger partial charge in [-0.25, -0.2) is 24.2 Å². The molecule has 1 aliphatic rings. The van der Waals surface area contributed by atoms with Crippen LogP contribution >= 0.6 is 0 Å². The molecule has 1 unspecified atom stereocenters. The molecule has 0 fully saturated rings. The van der Waals surface area contributed by atoms with Gasteiger partial charge < -0.3 is 65.1 Å². The molecule has 88 heavy (non-hydrogen) atoms. The van der Waals surface area contributed by atoms with Crippen LogP contribution in [0.4, 0.5) is 28.4 Å². The van der Waals surface area contributed by atoms with Gasteiger partial charge in [0.2, 0.25) is 5.44 Å². The molecule has 0 bridgehead atoms. The number of benzene rings is 8. The van der Waals surface area contributed by atoms with Crippen LogP contribution in [0.5, 0.6) is 0 Å². The largest absolute Gasteiger partial charge is 1.00 e. The van der Waals surface area contributed by atoms with E-state index >= 15 is 0 Å². The van der Waals surface area contributed by atoms with Gasteiger partial charge in [-0.15, -0.1) is 12.6 Å². The number of hydrogen-bond donors (Lipinski definition) is 13. The minimum Gasteiger partial charge on any atom is -1.00 e. The summed E-state index contributed by atoms with van der Waals surface area (Å²) in [6.45, 7) is 1.93. The molecule has 0 spiro atoms. The number of aromatic amines is 1. The first-order valence-corrected chi connectivity index (χ1v) is 27.5. The number of aldehydes is 1. The number of H-pyrrole nitrogens is 1. The van der Waals surface area contributed by atoms with Crippen LogP contribution in [0.3, 0.4) is 0 Å². The molecule has 25 nitrogen and oxygen atoms in total. The van der Waals surface area contributed by atoms with E-state index in [4.69, 9.17) is 80.9 Å². The SMILES string of the molecule is CCO.CO.Nc1ccc(-c2ccc(N)c(N)c2)cc1N.O=C(O)c1ccc(C(O)S(=O)(=O)O)cc1.O=C(O)c1ccc(C2=Nc3cc(-c4ccc5nc(-c6ccc(C(=O)O)cc6)[nH]c5c4)ccc3C2)cc1.O=Cc1ccc(C(=O)O)cc1.O=S(=O)=O.[H-].[Na+]. The van der Waals surface area contributed by atoms with Gasteiger partial charge in [0, 0.05) is 31.3 Å². The second-order valence-electron chi connectivity index (χ2n) is 17.7. The van der Waals surface area contributed by atoms with Crippen LogP contribution in [-0.2, 0) is 27.1 Å². The van der Waals surface area contributed by atoms with Crippen molar-refractivity contribution in [2.75, 3.05) is 36.7 Å². The number of aliphatic hydroxyl groups excluding tert-OH is 3. The van der Waals surface area contributed by atoms with Crippen molar-refractivity contribution >= 4 is 96.1 Å². The van der Waals surface area contributed by atoms with Gasteiger partial charge in [0.1, 0.15) is 12.1 Å². The van der Waals surface area contributed by atoms with Crippen LogP contribution in [0.1, 0.15) is 82.3 Å². The number of anilines is 4. The number of carbonyl (C=O) groups excluding carboxylic acids is 1. The number of aliphatic hydroxyl groups is 3. The van der Waals surface area contributed by atoms with E-state index in [0.717, 1.165) is 92.8 Å². The number of nitrogen functional groups attached to an aromatic ring is 4. The van der Waals surface area contributed by atoms with Gasteiger partial charge >= 0.3 is 64.0 Å². The third-order valence-corrected chi connectivity index (χ3v) is 12.7. The third kappa shape index (κ3) is 21.2. The number of fused-ring (bicyclic) bond motifs is 2. The predicted molar refractivity (Wildman–Crippen MR) is 327 cm³/mol. The van der Waals surface area contributed by atoms with E-state index in [-0.39, 0.29) is 65.4 Å². The van der Waals surface area contributed by atoms with E-state index in [1.807, 2.05) is 42.5 Å². The molecule has 10 rings (SSSR count). The molecule has 0 amide bonds. The molecular formula is C60H58N7NaO18S2. The topological polar surface area (TPSA) is 478 Å². The molecule has 9 aromatic rings. The van der Waals surface area contributed by atoms with Gasteiger partial charge in [-0.2, -0.15) is 8.42 Å². The fourth-order valence-electron chi connectivity index (χ4n) is 7.61. The van der Waals surface area contributed by atoms with Crippen LogP contribution in [-0.4, -0.2) is 121 Å². The van der Waals surface area contributed by atoms with Crippen LogP contribution in [0.2, 0.25) is 0 Å². The van der Waals surface area contributed by atoms with Gasteiger partial charge in [-0.05, 0) is 137 Å². The number of aromatic nitrogens is 2. The van der Waals surface area contributed by atoms with E-state index in [0.29, 0.717) is 46.8 Å². The zero-order valence-electron chi connectivity index (χ0n) is 47.9. The number of carboxylic acid groups (broad SMARTS) is 4. The quantitative estimate of drug-likeness (QED) is 0.0357. The number of nitrogens with zero attached hydrogens (tertiary/aromatic N) is 2. The van der Waals surface area contributed by atoms with Crippen LogP contribution in [0, 0.1) is 0 Å². The Labute approximate surface area is 527 Å². The third-order valence-electron chi connectivity index (χ3n) is 11.9. The summed E-state index contributed by atoms with van der Waals surface area (Å²) in [5.74, 6) is -3.38. The summed E-state index contributed by atoms with van der Waals surface area (Å²) in [5.41, 5.74) is 34.4. The van der Waals surface area contributed by atoms with Crippen molar-refractivity contribution in [2.45, 2.75) is 18.8 Å². The van der Waals surface area contributed by atoms with Gasteiger partial charge in [0.05, 0.1) is 67.4 Å². The summed E-state index contributed by atoms with van der Waals surface area (Å²) in [5, 5.41) is 58.9. The van der Waals surface area contributed by atoms with E-state index in [2.05, 4.69) is 28.2 Å². The summed E-state index contributed by atoms with van der Waals surface area (Å²) < 4.78 is 54.9. The smallest absolute Gasteiger partial charge is 1.00 e. The Bertz CT molecular complexity index is 4120. The molecule has 0 aliphatic carbocycles. The Hall–Kier alpha value is -9.94. The molecule has 2 heterocycles. The summed E-state index contributed by atoms with van der Waals surface area (Å²) in [6, 6.07) is 46.9. The number of carbonyl (C=O) groups is 5. The van der Waals surface area contributed by atoms with Crippen molar-refractivity contribution in [1.82, 2.24) is 9.97 Å².